The van der Waals surface area contributed by atoms with E-state index in [-0.39, 0.29) is 11.9 Å². The molecule has 0 saturated carbocycles. The highest BCUT2D eigenvalue weighted by molar-refractivity contribution is 5.95. The molecule has 2 N–H and O–H groups in total. The summed E-state index contributed by atoms with van der Waals surface area (Å²) in [5, 5.41) is 6.48. The van der Waals surface area contributed by atoms with Gasteiger partial charge in [-0.3, -0.25) is 4.79 Å². The van der Waals surface area contributed by atoms with E-state index >= 15 is 0 Å². The van der Waals surface area contributed by atoms with E-state index < -0.39 is 0 Å². The van der Waals surface area contributed by atoms with Gasteiger partial charge in [-0.15, -0.1) is 0 Å². The van der Waals surface area contributed by atoms with Crippen LogP contribution in [0.2, 0.25) is 0 Å². The van der Waals surface area contributed by atoms with E-state index in [2.05, 4.69) is 20.6 Å². The Balaban J connectivity index is 1.71. The Kier molecular flexibility index (Phi) is 5.05. The number of hydrogen-bond donors (Lipinski definition) is 2. The number of nitrogens with one attached hydrogen (secondary N) is 2. The summed E-state index contributed by atoms with van der Waals surface area (Å²) in [5.41, 5.74) is 2.31. The molecule has 0 bridgehead atoms. The largest absolute Gasteiger partial charge is 0.376 e. The topological polar surface area (TPSA) is 76.1 Å². The normalized spacial score (nSPS) is 16.8. The zero-order chi connectivity index (χ0) is 16.9. The fourth-order valence-corrected chi connectivity index (χ4v) is 2.68. The van der Waals surface area contributed by atoms with Crippen molar-refractivity contribution in [1.82, 2.24) is 9.97 Å². The van der Waals surface area contributed by atoms with Gasteiger partial charge in [-0.1, -0.05) is 12.1 Å². The van der Waals surface area contributed by atoms with E-state index in [1.165, 1.54) is 0 Å². The van der Waals surface area contributed by atoms with Crippen molar-refractivity contribution >= 4 is 23.2 Å². The van der Waals surface area contributed by atoms with E-state index in [4.69, 9.17) is 4.74 Å². The number of aromatic nitrogens is 2. The number of rotatable bonds is 6. The summed E-state index contributed by atoms with van der Waals surface area (Å²) in [6.45, 7) is 5.07. The minimum Gasteiger partial charge on any atom is -0.376 e. The Morgan fingerprint density at radius 3 is 2.96 bits per heavy atom. The molecule has 1 aromatic carbocycles. The maximum atomic E-state index is 11.5. The van der Waals surface area contributed by atoms with Gasteiger partial charge in [0.15, 0.2) is 5.78 Å². The summed E-state index contributed by atoms with van der Waals surface area (Å²) in [5.74, 6) is 1.30. The highest BCUT2D eigenvalue weighted by atomic mass is 16.5. The quantitative estimate of drug-likeness (QED) is 0.793. The molecule has 6 heteroatoms. The van der Waals surface area contributed by atoms with Crippen molar-refractivity contribution in [3.05, 3.63) is 41.6 Å². The number of anilines is 3. The monoisotopic (exact) mass is 326 g/mol. The number of ether oxygens (including phenoxy) is 1. The Labute approximate surface area is 141 Å². The molecular weight excluding hydrogens is 304 g/mol. The third-order valence-electron chi connectivity index (χ3n) is 3.91. The van der Waals surface area contributed by atoms with Crippen LogP contribution < -0.4 is 10.6 Å². The first kappa shape index (κ1) is 16.4. The number of Topliss-reactive ketones (excluding diaryl/α,β-unsaturated/α-hetero) is 1. The van der Waals surface area contributed by atoms with Crippen LogP contribution in [0.3, 0.4) is 0 Å². The molecule has 0 amide bonds. The zero-order valence-corrected chi connectivity index (χ0v) is 14.0. The molecule has 0 spiro atoms. The van der Waals surface area contributed by atoms with E-state index in [0.29, 0.717) is 11.5 Å². The minimum absolute atomic E-state index is 0.0303. The van der Waals surface area contributed by atoms with Crippen LogP contribution in [0.4, 0.5) is 17.5 Å². The molecule has 0 radical (unpaired) electrons. The van der Waals surface area contributed by atoms with Crippen LogP contribution >= 0.6 is 0 Å². The smallest absolute Gasteiger partial charge is 0.229 e. The average molecular weight is 326 g/mol. The van der Waals surface area contributed by atoms with Crippen molar-refractivity contribution in [2.45, 2.75) is 32.8 Å². The predicted octanol–water partition coefficient (Wildman–Crippen LogP) is 3.32. The Bertz CT molecular complexity index is 727. The second-order valence-corrected chi connectivity index (χ2v) is 6.00. The number of aryl methyl sites for hydroxylation is 1. The van der Waals surface area contributed by atoms with E-state index in [1.807, 2.05) is 25.1 Å². The summed E-state index contributed by atoms with van der Waals surface area (Å²) < 4.78 is 5.61. The minimum atomic E-state index is 0.0303. The molecule has 1 aliphatic heterocycles. The first-order valence-corrected chi connectivity index (χ1v) is 8.19. The van der Waals surface area contributed by atoms with Crippen molar-refractivity contribution in [3.8, 4) is 0 Å². The maximum absolute atomic E-state index is 11.5. The molecule has 0 aliphatic carbocycles. The van der Waals surface area contributed by atoms with Crippen molar-refractivity contribution in [2.24, 2.45) is 0 Å². The molecule has 1 aliphatic rings. The molecule has 3 rings (SSSR count). The Morgan fingerprint density at radius 2 is 2.21 bits per heavy atom. The van der Waals surface area contributed by atoms with Crippen LogP contribution in [0.25, 0.3) is 0 Å². The fourth-order valence-electron chi connectivity index (χ4n) is 2.68. The highest BCUT2D eigenvalue weighted by Crippen LogP contribution is 2.18. The lowest BCUT2D eigenvalue weighted by atomic mass is 10.1. The average Bonchev–Trinajstić information content (AvgIpc) is 3.06. The highest BCUT2D eigenvalue weighted by Gasteiger charge is 2.15. The molecule has 1 atom stereocenters. The summed E-state index contributed by atoms with van der Waals surface area (Å²) in [6.07, 6.45) is 2.46. The SMILES string of the molecule is CC(=O)c1cccc(Nc2nc(C)cc(NCC3CCCO3)n2)c1. The number of ketones is 1. The van der Waals surface area contributed by atoms with Crippen molar-refractivity contribution in [2.75, 3.05) is 23.8 Å². The van der Waals surface area contributed by atoms with Gasteiger partial charge >= 0.3 is 0 Å². The molecule has 1 aromatic heterocycles. The van der Waals surface area contributed by atoms with Gasteiger partial charge in [0.25, 0.3) is 0 Å². The van der Waals surface area contributed by atoms with Crippen LogP contribution in [0, 0.1) is 6.92 Å². The van der Waals surface area contributed by atoms with E-state index in [9.17, 15) is 4.79 Å². The second-order valence-electron chi connectivity index (χ2n) is 6.00. The van der Waals surface area contributed by atoms with Gasteiger partial charge in [0.2, 0.25) is 5.95 Å². The molecule has 2 aromatic rings. The van der Waals surface area contributed by atoms with Crippen molar-refractivity contribution in [1.29, 1.82) is 0 Å². The molecule has 6 nitrogen and oxygen atoms in total. The fraction of sp³-hybridized carbons (Fsp3) is 0.389. The van der Waals surface area contributed by atoms with Crippen LogP contribution in [-0.4, -0.2) is 35.0 Å². The Morgan fingerprint density at radius 1 is 1.33 bits per heavy atom. The first-order chi connectivity index (χ1) is 11.6. The standard InChI is InChI=1S/C18H22N4O2/c1-12-9-17(19-11-16-7-4-8-24-16)22-18(20-12)21-15-6-3-5-14(10-15)13(2)23/h3,5-6,9-10,16H,4,7-8,11H2,1-2H3,(H2,19,20,21,22). The lowest BCUT2D eigenvalue weighted by Gasteiger charge is -2.13. The van der Waals surface area contributed by atoms with Crippen LogP contribution in [0.1, 0.15) is 35.8 Å². The maximum Gasteiger partial charge on any atom is 0.229 e. The van der Waals surface area contributed by atoms with Crippen LogP contribution in [0.15, 0.2) is 30.3 Å². The molecule has 2 heterocycles. The van der Waals surface area contributed by atoms with Gasteiger partial charge in [0.1, 0.15) is 5.82 Å². The number of hydrogen-bond acceptors (Lipinski definition) is 6. The molecular formula is C18H22N4O2. The van der Waals surface area contributed by atoms with Crippen LogP contribution in [0.5, 0.6) is 0 Å². The van der Waals surface area contributed by atoms with Crippen molar-refractivity contribution < 1.29 is 9.53 Å². The second kappa shape index (κ2) is 7.40. The molecule has 126 valence electrons. The number of carbonyl (C=O) groups is 1. The van der Waals surface area contributed by atoms with Gasteiger partial charge in [-0.25, -0.2) is 4.98 Å². The Hall–Kier alpha value is -2.47. The molecule has 1 fully saturated rings. The lowest BCUT2D eigenvalue weighted by Crippen LogP contribution is -2.19. The van der Waals surface area contributed by atoms with Crippen molar-refractivity contribution in [3.63, 3.8) is 0 Å². The first-order valence-electron chi connectivity index (χ1n) is 8.19. The summed E-state index contributed by atoms with van der Waals surface area (Å²) >= 11 is 0. The van der Waals surface area contributed by atoms with Crippen LogP contribution in [-0.2, 0) is 4.74 Å². The third kappa shape index (κ3) is 4.29. The molecule has 24 heavy (non-hydrogen) atoms. The third-order valence-corrected chi connectivity index (χ3v) is 3.91. The van der Waals surface area contributed by atoms with Gasteiger partial charge in [-0.2, -0.15) is 4.98 Å². The summed E-state index contributed by atoms with van der Waals surface area (Å²) in [4.78, 5) is 20.4. The lowest BCUT2D eigenvalue weighted by molar-refractivity contribution is 0.101. The number of nitrogens with zero attached hydrogens (tertiary/aromatic N) is 2. The van der Waals surface area contributed by atoms with Gasteiger partial charge in [0, 0.05) is 36.2 Å². The van der Waals surface area contributed by atoms with Gasteiger partial charge in [0.05, 0.1) is 6.10 Å². The molecule has 1 saturated heterocycles. The molecule has 1 unspecified atom stereocenters. The van der Waals surface area contributed by atoms with Gasteiger partial charge in [-0.05, 0) is 38.8 Å². The van der Waals surface area contributed by atoms with E-state index in [0.717, 1.165) is 43.2 Å². The number of carbonyl (C=O) groups excluding carboxylic acids is 1. The van der Waals surface area contributed by atoms with Gasteiger partial charge < -0.3 is 15.4 Å². The summed E-state index contributed by atoms with van der Waals surface area (Å²) in [6, 6.07) is 9.22. The zero-order valence-electron chi connectivity index (χ0n) is 14.0. The predicted molar refractivity (Wildman–Crippen MR) is 94.0 cm³/mol. The number of benzene rings is 1. The van der Waals surface area contributed by atoms with E-state index in [1.54, 1.807) is 19.1 Å². The summed E-state index contributed by atoms with van der Waals surface area (Å²) in [7, 11) is 0.